The Kier molecular flexibility index (Phi) is 2.90. The third-order valence-electron chi connectivity index (χ3n) is 4.37. The van der Waals surface area contributed by atoms with Crippen LogP contribution in [0, 0.1) is 0 Å². The summed E-state index contributed by atoms with van der Waals surface area (Å²) in [5, 5.41) is 13.3. The Balaban J connectivity index is 1.53. The molecule has 1 N–H and O–H groups in total. The van der Waals surface area contributed by atoms with Crippen LogP contribution in [-0.2, 0) is 13.0 Å². The Labute approximate surface area is 140 Å². The van der Waals surface area contributed by atoms with Gasteiger partial charge in [-0.25, -0.2) is 4.98 Å². The number of H-pyrrole nitrogens is 1. The topological polar surface area (TPSA) is 93.8 Å². The van der Waals surface area contributed by atoms with Crippen LogP contribution in [0.25, 0.3) is 27.7 Å². The smallest absolute Gasteiger partial charge is 0.283 e. The van der Waals surface area contributed by atoms with Gasteiger partial charge in [-0.3, -0.25) is 9.36 Å². The molecule has 0 atom stereocenters. The third kappa shape index (κ3) is 2.11. The maximum absolute atomic E-state index is 12.7. The summed E-state index contributed by atoms with van der Waals surface area (Å²) in [6.45, 7) is 0.516. The average Bonchev–Trinajstić information content (AvgIpc) is 3.28. The first-order valence-corrected chi connectivity index (χ1v) is 7.92. The standard InChI is InChI=1S/C17H13N7O/c25-17-15-16(24-14(21-22-15)5-7-20-24)19-10-23(17)8-6-11-9-18-13-4-2-1-3-12(11)13/h1-5,7,9-10,18H,6,8H2. The van der Waals surface area contributed by atoms with Crippen molar-refractivity contribution in [2.75, 3.05) is 0 Å². The average molecular weight is 331 g/mol. The number of para-hydroxylation sites is 1. The lowest BCUT2D eigenvalue weighted by atomic mass is 10.1. The van der Waals surface area contributed by atoms with E-state index in [1.807, 2.05) is 24.4 Å². The van der Waals surface area contributed by atoms with E-state index in [0.717, 1.165) is 11.1 Å². The van der Waals surface area contributed by atoms with Crippen LogP contribution >= 0.6 is 0 Å². The summed E-state index contributed by atoms with van der Waals surface area (Å²) >= 11 is 0. The van der Waals surface area contributed by atoms with Crippen molar-refractivity contribution in [3.63, 3.8) is 0 Å². The molecule has 0 radical (unpaired) electrons. The van der Waals surface area contributed by atoms with Crippen molar-refractivity contribution in [3.8, 4) is 0 Å². The summed E-state index contributed by atoms with van der Waals surface area (Å²) in [6, 6.07) is 9.83. The molecule has 0 aliphatic rings. The van der Waals surface area contributed by atoms with E-state index in [-0.39, 0.29) is 11.1 Å². The molecule has 25 heavy (non-hydrogen) atoms. The van der Waals surface area contributed by atoms with Crippen LogP contribution in [0.1, 0.15) is 5.56 Å². The highest BCUT2D eigenvalue weighted by Crippen LogP contribution is 2.18. The number of hydrogen-bond donors (Lipinski definition) is 1. The molecule has 0 aliphatic carbocycles. The molecule has 5 rings (SSSR count). The Morgan fingerprint density at radius 1 is 1.12 bits per heavy atom. The quantitative estimate of drug-likeness (QED) is 0.541. The molecule has 4 aromatic heterocycles. The number of aromatic nitrogens is 7. The molecule has 8 heteroatoms. The molecule has 0 spiro atoms. The van der Waals surface area contributed by atoms with Gasteiger partial charge in [0.1, 0.15) is 6.33 Å². The molecule has 0 unspecified atom stereocenters. The maximum Gasteiger partial charge on any atom is 0.283 e. The van der Waals surface area contributed by atoms with E-state index in [4.69, 9.17) is 0 Å². The lowest BCUT2D eigenvalue weighted by Crippen LogP contribution is -2.23. The van der Waals surface area contributed by atoms with Crippen LogP contribution in [0.4, 0.5) is 0 Å². The Bertz CT molecular complexity index is 1280. The second-order valence-corrected chi connectivity index (χ2v) is 5.83. The molecule has 0 saturated carbocycles. The van der Waals surface area contributed by atoms with E-state index in [2.05, 4.69) is 31.3 Å². The fourth-order valence-corrected chi connectivity index (χ4v) is 3.09. The number of fused-ring (bicyclic) bond motifs is 4. The number of benzene rings is 1. The zero-order valence-corrected chi connectivity index (χ0v) is 13.1. The van der Waals surface area contributed by atoms with Crippen molar-refractivity contribution in [1.29, 1.82) is 0 Å². The van der Waals surface area contributed by atoms with Crippen LogP contribution < -0.4 is 5.56 Å². The zero-order valence-electron chi connectivity index (χ0n) is 13.1. The first-order valence-electron chi connectivity index (χ1n) is 7.92. The van der Waals surface area contributed by atoms with E-state index in [9.17, 15) is 4.79 Å². The van der Waals surface area contributed by atoms with Gasteiger partial charge in [0.15, 0.2) is 16.8 Å². The number of nitrogens with one attached hydrogen (secondary N) is 1. The Morgan fingerprint density at radius 2 is 2.04 bits per heavy atom. The lowest BCUT2D eigenvalue weighted by Gasteiger charge is -2.06. The van der Waals surface area contributed by atoms with E-state index >= 15 is 0 Å². The summed E-state index contributed by atoms with van der Waals surface area (Å²) in [5.41, 5.74) is 3.25. The molecule has 5 aromatic rings. The van der Waals surface area contributed by atoms with Gasteiger partial charge in [0.2, 0.25) is 0 Å². The van der Waals surface area contributed by atoms with Crippen molar-refractivity contribution in [2.45, 2.75) is 13.0 Å². The van der Waals surface area contributed by atoms with Gasteiger partial charge in [-0.15, -0.1) is 10.2 Å². The number of rotatable bonds is 3. The van der Waals surface area contributed by atoms with Gasteiger partial charge in [-0.05, 0) is 18.1 Å². The first kappa shape index (κ1) is 13.8. The molecule has 122 valence electrons. The third-order valence-corrected chi connectivity index (χ3v) is 4.37. The summed E-state index contributed by atoms with van der Waals surface area (Å²) < 4.78 is 3.09. The first-order chi connectivity index (χ1) is 12.3. The molecule has 8 nitrogen and oxygen atoms in total. The minimum atomic E-state index is -0.213. The van der Waals surface area contributed by atoms with E-state index in [1.165, 1.54) is 9.90 Å². The molecule has 0 saturated heterocycles. The molecule has 0 aliphatic heterocycles. The minimum Gasteiger partial charge on any atom is -0.361 e. The van der Waals surface area contributed by atoms with Gasteiger partial charge in [-0.2, -0.15) is 9.61 Å². The predicted octanol–water partition coefficient (Wildman–Crippen LogP) is 1.56. The summed E-state index contributed by atoms with van der Waals surface area (Å²) in [5.74, 6) is 0. The highest BCUT2D eigenvalue weighted by atomic mass is 16.1. The highest BCUT2D eigenvalue weighted by molar-refractivity contribution is 5.83. The fraction of sp³-hybridized carbons (Fsp3) is 0.118. The van der Waals surface area contributed by atoms with Gasteiger partial charge in [-0.1, -0.05) is 18.2 Å². The van der Waals surface area contributed by atoms with Crippen molar-refractivity contribution < 1.29 is 0 Å². The van der Waals surface area contributed by atoms with Crippen LogP contribution in [0.5, 0.6) is 0 Å². The van der Waals surface area contributed by atoms with Crippen molar-refractivity contribution >= 4 is 27.7 Å². The molecule has 1 aromatic carbocycles. The van der Waals surface area contributed by atoms with Gasteiger partial charge < -0.3 is 4.98 Å². The maximum atomic E-state index is 12.7. The largest absolute Gasteiger partial charge is 0.361 e. The summed E-state index contributed by atoms with van der Waals surface area (Å²) in [4.78, 5) is 20.3. The monoisotopic (exact) mass is 331 g/mol. The molecule has 0 fully saturated rings. The second kappa shape index (κ2) is 5.23. The van der Waals surface area contributed by atoms with Crippen molar-refractivity contribution in [2.24, 2.45) is 0 Å². The molecule has 0 bridgehead atoms. The molecular formula is C17H13N7O. The SMILES string of the molecule is O=c1c2nnc3ccnn3c2ncn1CCc1c[nH]c2ccccc12. The van der Waals surface area contributed by atoms with Gasteiger partial charge >= 0.3 is 0 Å². The van der Waals surface area contributed by atoms with Gasteiger partial charge in [0, 0.05) is 29.7 Å². The number of nitrogens with zero attached hydrogens (tertiary/aromatic N) is 6. The Hall–Kier alpha value is -3.55. The van der Waals surface area contributed by atoms with E-state index in [1.54, 1.807) is 23.2 Å². The number of hydrogen-bond acceptors (Lipinski definition) is 5. The molecule has 0 amide bonds. The minimum absolute atomic E-state index is 0.213. The van der Waals surface area contributed by atoms with Crippen LogP contribution in [0.15, 0.2) is 53.8 Å². The van der Waals surface area contributed by atoms with E-state index in [0.29, 0.717) is 24.3 Å². The lowest BCUT2D eigenvalue weighted by molar-refractivity contribution is 0.659. The summed E-state index contributed by atoms with van der Waals surface area (Å²) in [7, 11) is 0. The fourth-order valence-electron chi connectivity index (χ4n) is 3.09. The molecule has 4 heterocycles. The Morgan fingerprint density at radius 3 is 3.00 bits per heavy atom. The number of aryl methyl sites for hydroxylation is 2. The van der Waals surface area contributed by atoms with Crippen molar-refractivity contribution in [1.82, 2.24) is 34.3 Å². The normalized spacial score (nSPS) is 11.7. The molecular weight excluding hydrogens is 318 g/mol. The van der Waals surface area contributed by atoms with E-state index < -0.39 is 0 Å². The number of aromatic amines is 1. The van der Waals surface area contributed by atoms with Crippen LogP contribution in [0.2, 0.25) is 0 Å². The van der Waals surface area contributed by atoms with Crippen molar-refractivity contribution in [3.05, 3.63) is 65.0 Å². The van der Waals surface area contributed by atoms with Crippen LogP contribution in [0.3, 0.4) is 0 Å². The van der Waals surface area contributed by atoms with Gasteiger partial charge in [0.05, 0.1) is 6.20 Å². The second-order valence-electron chi connectivity index (χ2n) is 5.83. The van der Waals surface area contributed by atoms with Gasteiger partial charge in [0.25, 0.3) is 5.56 Å². The summed E-state index contributed by atoms with van der Waals surface area (Å²) in [6.07, 6.45) is 5.85. The van der Waals surface area contributed by atoms with Crippen LogP contribution in [-0.4, -0.2) is 34.3 Å². The highest BCUT2D eigenvalue weighted by Gasteiger charge is 2.11. The zero-order chi connectivity index (χ0) is 16.8. The predicted molar refractivity (Wildman–Crippen MR) is 92.3 cm³/mol.